The molecule has 1 rings (SSSR count). The fraction of sp³-hybridized carbons (Fsp3) is 0.545. The van der Waals surface area contributed by atoms with Crippen molar-refractivity contribution in [3.05, 3.63) is 28.4 Å². The predicted octanol–water partition coefficient (Wildman–Crippen LogP) is 1.95. The predicted molar refractivity (Wildman–Crippen MR) is 64.9 cm³/mol. The van der Waals surface area contributed by atoms with Crippen LogP contribution in [0.3, 0.4) is 0 Å². The first-order valence-corrected chi connectivity index (χ1v) is 5.57. The molecular weight excluding hydrogens is 222 g/mol. The maximum Gasteiger partial charge on any atom is 0.287 e. The molecule has 0 bridgehead atoms. The van der Waals surface area contributed by atoms with Crippen molar-refractivity contribution in [1.82, 2.24) is 4.98 Å². The fourth-order valence-corrected chi connectivity index (χ4v) is 1.35. The maximum absolute atomic E-state index is 10.4. The molecule has 0 aromatic carbocycles. The number of pyridine rings is 1. The van der Waals surface area contributed by atoms with Gasteiger partial charge in [0.2, 0.25) is 0 Å². The van der Waals surface area contributed by atoms with Gasteiger partial charge in [0, 0.05) is 12.6 Å². The number of rotatable bonds is 6. The van der Waals surface area contributed by atoms with Gasteiger partial charge in [-0.25, -0.2) is 4.98 Å². The Morgan fingerprint density at radius 1 is 1.47 bits per heavy atom. The molecule has 0 saturated heterocycles. The standard InChI is InChI=1S/C11H17N3O3/c1-3-11(15,4-2)8-13-10-6-5-9(7-12-10)14(16)17/h5-7,15H,3-4,8H2,1-2H3,(H,12,13). The first-order chi connectivity index (χ1) is 8.00. The van der Waals surface area contributed by atoms with Crippen molar-refractivity contribution < 1.29 is 10.0 Å². The molecule has 1 heterocycles. The zero-order valence-electron chi connectivity index (χ0n) is 10.0. The topological polar surface area (TPSA) is 88.3 Å². The van der Waals surface area contributed by atoms with Crippen molar-refractivity contribution in [3.63, 3.8) is 0 Å². The minimum Gasteiger partial charge on any atom is -0.388 e. The van der Waals surface area contributed by atoms with E-state index in [1.54, 1.807) is 0 Å². The third kappa shape index (κ3) is 3.67. The smallest absolute Gasteiger partial charge is 0.287 e. The van der Waals surface area contributed by atoms with Crippen molar-refractivity contribution in [2.75, 3.05) is 11.9 Å². The van der Waals surface area contributed by atoms with Crippen molar-refractivity contribution in [2.45, 2.75) is 32.3 Å². The van der Waals surface area contributed by atoms with Crippen LogP contribution in [0.25, 0.3) is 0 Å². The minimum atomic E-state index is -0.760. The summed E-state index contributed by atoms with van der Waals surface area (Å²) in [6.45, 7) is 4.20. The Hall–Kier alpha value is -1.69. The third-order valence-electron chi connectivity index (χ3n) is 2.87. The molecule has 0 aliphatic heterocycles. The number of aliphatic hydroxyl groups is 1. The number of anilines is 1. The highest BCUT2D eigenvalue weighted by molar-refractivity contribution is 5.40. The van der Waals surface area contributed by atoms with Gasteiger partial charge in [0.15, 0.2) is 0 Å². The summed E-state index contributed by atoms with van der Waals surface area (Å²) in [6, 6.07) is 2.91. The normalized spacial score (nSPS) is 11.2. The lowest BCUT2D eigenvalue weighted by Gasteiger charge is -2.25. The van der Waals surface area contributed by atoms with E-state index in [0.29, 0.717) is 25.2 Å². The van der Waals surface area contributed by atoms with Gasteiger partial charge in [-0.2, -0.15) is 0 Å². The van der Waals surface area contributed by atoms with Gasteiger partial charge in [0.1, 0.15) is 12.0 Å². The quantitative estimate of drug-likeness (QED) is 0.585. The number of nitrogens with zero attached hydrogens (tertiary/aromatic N) is 2. The van der Waals surface area contributed by atoms with Crippen LogP contribution in [0.2, 0.25) is 0 Å². The Morgan fingerprint density at radius 3 is 2.53 bits per heavy atom. The molecule has 1 aromatic heterocycles. The van der Waals surface area contributed by atoms with Crippen molar-refractivity contribution in [1.29, 1.82) is 0 Å². The summed E-state index contributed by atoms with van der Waals surface area (Å²) in [5.74, 6) is 0.524. The zero-order chi connectivity index (χ0) is 12.9. The summed E-state index contributed by atoms with van der Waals surface area (Å²) >= 11 is 0. The van der Waals surface area contributed by atoms with Gasteiger partial charge in [-0.15, -0.1) is 0 Å². The van der Waals surface area contributed by atoms with Crippen LogP contribution in [0.1, 0.15) is 26.7 Å². The fourth-order valence-electron chi connectivity index (χ4n) is 1.35. The summed E-state index contributed by atoms with van der Waals surface area (Å²) in [6.07, 6.45) is 2.48. The van der Waals surface area contributed by atoms with Crippen LogP contribution in [0.15, 0.2) is 18.3 Å². The molecule has 0 aliphatic rings. The molecule has 0 amide bonds. The molecule has 0 unspecified atom stereocenters. The molecule has 0 spiro atoms. The van der Waals surface area contributed by atoms with E-state index in [2.05, 4.69) is 10.3 Å². The molecule has 6 heteroatoms. The lowest BCUT2D eigenvalue weighted by atomic mass is 9.98. The molecular formula is C11H17N3O3. The Bertz CT molecular complexity index is 374. The van der Waals surface area contributed by atoms with Crippen LogP contribution in [0, 0.1) is 10.1 Å². The van der Waals surface area contributed by atoms with Crippen LogP contribution >= 0.6 is 0 Å². The Kier molecular flexibility index (Phi) is 4.39. The zero-order valence-corrected chi connectivity index (χ0v) is 10.0. The third-order valence-corrected chi connectivity index (χ3v) is 2.87. The number of hydrogen-bond donors (Lipinski definition) is 2. The van der Waals surface area contributed by atoms with E-state index < -0.39 is 10.5 Å². The van der Waals surface area contributed by atoms with E-state index in [1.165, 1.54) is 18.3 Å². The lowest BCUT2D eigenvalue weighted by Crippen LogP contribution is -2.35. The molecule has 2 N–H and O–H groups in total. The van der Waals surface area contributed by atoms with Gasteiger partial charge in [-0.05, 0) is 18.9 Å². The van der Waals surface area contributed by atoms with Crippen LogP contribution in [0.5, 0.6) is 0 Å². The summed E-state index contributed by atoms with van der Waals surface area (Å²) in [4.78, 5) is 13.8. The second-order valence-corrected chi connectivity index (χ2v) is 3.94. The van der Waals surface area contributed by atoms with E-state index >= 15 is 0 Å². The highest BCUT2D eigenvalue weighted by Gasteiger charge is 2.21. The highest BCUT2D eigenvalue weighted by Crippen LogP contribution is 2.16. The second kappa shape index (κ2) is 5.58. The number of nitrogens with one attached hydrogen (secondary N) is 1. The van der Waals surface area contributed by atoms with E-state index in [0.717, 1.165) is 0 Å². The van der Waals surface area contributed by atoms with Crippen LogP contribution < -0.4 is 5.32 Å². The lowest BCUT2D eigenvalue weighted by molar-refractivity contribution is -0.385. The van der Waals surface area contributed by atoms with Gasteiger partial charge >= 0.3 is 0 Å². The first-order valence-electron chi connectivity index (χ1n) is 5.57. The van der Waals surface area contributed by atoms with E-state index in [-0.39, 0.29) is 5.69 Å². The molecule has 17 heavy (non-hydrogen) atoms. The number of hydrogen-bond acceptors (Lipinski definition) is 5. The number of nitro groups is 1. The van der Waals surface area contributed by atoms with E-state index in [4.69, 9.17) is 0 Å². The van der Waals surface area contributed by atoms with Crippen LogP contribution in [0.4, 0.5) is 11.5 Å². The first kappa shape index (κ1) is 13.4. The van der Waals surface area contributed by atoms with Gasteiger partial charge in [-0.3, -0.25) is 10.1 Å². The average Bonchev–Trinajstić information content (AvgIpc) is 2.36. The molecule has 1 aromatic rings. The number of aromatic nitrogens is 1. The molecule has 0 saturated carbocycles. The molecule has 6 nitrogen and oxygen atoms in total. The highest BCUT2D eigenvalue weighted by atomic mass is 16.6. The van der Waals surface area contributed by atoms with E-state index in [9.17, 15) is 15.2 Å². The summed E-state index contributed by atoms with van der Waals surface area (Å²) in [5.41, 5.74) is -0.805. The average molecular weight is 239 g/mol. The van der Waals surface area contributed by atoms with Crippen LogP contribution in [-0.2, 0) is 0 Å². The van der Waals surface area contributed by atoms with Gasteiger partial charge in [0.25, 0.3) is 5.69 Å². The minimum absolute atomic E-state index is 0.0446. The molecule has 0 fully saturated rings. The van der Waals surface area contributed by atoms with E-state index in [1.807, 2.05) is 13.8 Å². The maximum atomic E-state index is 10.4. The van der Waals surface area contributed by atoms with Gasteiger partial charge in [-0.1, -0.05) is 13.8 Å². The van der Waals surface area contributed by atoms with Crippen molar-refractivity contribution >= 4 is 11.5 Å². The summed E-state index contributed by atoms with van der Waals surface area (Å²) < 4.78 is 0. The second-order valence-electron chi connectivity index (χ2n) is 3.94. The Labute approximate surface area is 99.8 Å². The van der Waals surface area contributed by atoms with Gasteiger partial charge in [0.05, 0.1) is 10.5 Å². The Balaban J connectivity index is 2.61. The largest absolute Gasteiger partial charge is 0.388 e. The molecule has 0 aliphatic carbocycles. The van der Waals surface area contributed by atoms with Crippen molar-refractivity contribution in [3.8, 4) is 0 Å². The SMILES string of the molecule is CCC(O)(CC)CNc1ccc([N+](=O)[O-])cn1. The summed E-state index contributed by atoms with van der Waals surface area (Å²) in [7, 11) is 0. The summed E-state index contributed by atoms with van der Waals surface area (Å²) in [5, 5.41) is 23.4. The Morgan fingerprint density at radius 2 is 2.12 bits per heavy atom. The van der Waals surface area contributed by atoms with Gasteiger partial charge < -0.3 is 10.4 Å². The molecule has 0 atom stereocenters. The molecule has 0 radical (unpaired) electrons. The molecule has 94 valence electrons. The van der Waals surface area contributed by atoms with Crippen LogP contribution in [-0.4, -0.2) is 27.2 Å². The monoisotopic (exact) mass is 239 g/mol. The van der Waals surface area contributed by atoms with Crippen molar-refractivity contribution in [2.24, 2.45) is 0 Å².